The van der Waals surface area contributed by atoms with Gasteiger partial charge in [0.15, 0.2) is 0 Å². The summed E-state index contributed by atoms with van der Waals surface area (Å²) in [7, 11) is -4.00. The zero-order valence-electron chi connectivity index (χ0n) is 13.1. The van der Waals surface area contributed by atoms with Crippen molar-refractivity contribution in [2.75, 3.05) is 0 Å². The molecular formula is C16H13F3N2O4S. The molecule has 1 aliphatic carbocycles. The molecular weight excluding hydrogens is 373 g/mol. The first-order valence-corrected chi connectivity index (χ1v) is 8.96. The summed E-state index contributed by atoms with van der Waals surface area (Å²) in [6, 6.07) is 7.91. The molecule has 0 bridgehead atoms. The Kier molecular flexibility index (Phi) is 4.61. The molecule has 6 nitrogen and oxygen atoms in total. The van der Waals surface area contributed by atoms with Gasteiger partial charge in [-0.05, 0) is 42.2 Å². The van der Waals surface area contributed by atoms with E-state index in [4.69, 9.17) is 0 Å². The lowest BCUT2D eigenvalue weighted by molar-refractivity contribution is -0.274. The van der Waals surface area contributed by atoms with Crippen LogP contribution in [0.1, 0.15) is 17.9 Å². The number of rotatable bonds is 5. The molecule has 1 N–H and O–H groups in total. The molecule has 1 amide bonds. The number of carbonyl (C=O) groups is 1. The van der Waals surface area contributed by atoms with Crippen molar-refractivity contribution in [1.82, 2.24) is 9.71 Å². The third kappa shape index (κ3) is 4.31. The van der Waals surface area contributed by atoms with Crippen LogP contribution in [0.3, 0.4) is 0 Å². The number of carbonyl (C=O) groups excluding carboxylic acids is 1. The molecule has 10 heteroatoms. The number of sulfonamides is 1. The number of amides is 1. The third-order valence-corrected chi connectivity index (χ3v) is 5.18. The highest BCUT2D eigenvalue weighted by atomic mass is 32.2. The van der Waals surface area contributed by atoms with E-state index in [2.05, 4.69) is 9.72 Å². The topological polar surface area (TPSA) is 85.4 Å². The molecule has 1 fully saturated rings. The fraction of sp³-hybridized carbons (Fsp3) is 0.250. The fourth-order valence-corrected chi connectivity index (χ4v) is 3.53. The quantitative estimate of drug-likeness (QED) is 0.854. The van der Waals surface area contributed by atoms with Gasteiger partial charge in [-0.2, -0.15) is 0 Å². The van der Waals surface area contributed by atoms with Crippen LogP contribution < -0.4 is 9.46 Å². The van der Waals surface area contributed by atoms with Gasteiger partial charge in [-0.3, -0.25) is 9.78 Å². The number of benzene rings is 1. The number of hydrogen-bond acceptors (Lipinski definition) is 5. The van der Waals surface area contributed by atoms with Crippen LogP contribution in [0.25, 0.3) is 0 Å². The van der Waals surface area contributed by atoms with Crippen molar-refractivity contribution in [3.05, 3.63) is 54.4 Å². The molecule has 0 unspecified atom stereocenters. The van der Waals surface area contributed by atoms with E-state index in [-0.39, 0.29) is 16.6 Å². The van der Waals surface area contributed by atoms with Crippen LogP contribution in [0.5, 0.6) is 5.75 Å². The zero-order chi connectivity index (χ0) is 18.9. The van der Waals surface area contributed by atoms with Gasteiger partial charge < -0.3 is 4.74 Å². The Morgan fingerprint density at radius 2 is 1.88 bits per heavy atom. The van der Waals surface area contributed by atoms with E-state index in [1.54, 1.807) is 0 Å². The smallest absolute Gasteiger partial charge is 0.406 e. The molecule has 0 spiro atoms. The summed E-state index contributed by atoms with van der Waals surface area (Å²) in [6.45, 7) is 0. The second-order valence-electron chi connectivity index (χ2n) is 5.72. The Labute approximate surface area is 147 Å². The van der Waals surface area contributed by atoms with E-state index in [0.717, 1.165) is 18.3 Å². The Bertz CT molecular complexity index is 899. The highest BCUT2D eigenvalue weighted by molar-refractivity contribution is 7.90. The summed E-state index contributed by atoms with van der Waals surface area (Å²) >= 11 is 0. The minimum absolute atomic E-state index is 0.126. The number of ether oxygens (including phenoxy) is 1. The van der Waals surface area contributed by atoms with E-state index >= 15 is 0 Å². The summed E-state index contributed by atoms with van der Waals surface area (Å²) in [5.41, 5.74) is 0.637. The van der Waals surface area contributed by atoms with Crippen LogP contribution in [0.2, 0.25) is 0 Å². The van der Waals surface area contributed by atoms with Gasteiger partial charge >= 0.3 is 6.36 Å². The first-order valence-electron chi connectivity index (χ1n) is 7.48. The van der Waals surface area contributed by atoms with E-state index in [1.165, 1.54) is 30.5 Å². The van der Waals surface area contributed by atoms with Crippen LogP contribution >= 0.6 is 0 Å². The molecule has 1 aromatic heterocycles. The van der Waals surface area contributed by atoms with Gasteiger partial charge in [-0.15, -0.1) is 13.2 Å². The summed E-state index contributed by atoms with van der Waals surface area (Å²) < 4.78 is 66.4. The van der Waals surface area contributed by atoms with Crippen molar-refractivity contribution in [3.8, 4) is 5.75 Å². The second kappa shape index (κ2) is 6.60. The first-order chi connectivity index (χ1) is 12.2. The highest BCUT2D eigenvalue weighted by Crippen LogP contribution is 2.48. The summed E-state index contributed by atoms with van der Waals surface area (Å²) in [4.78, 5) is 15.7. The van der Waals surface area contributed by atoms with Gasteiger partial charge in [0, 0.05) is 18.3 Å². The van der Waals surface area contributed by atoms with E-state index in [0.29, 0.717) is 12.0 Å². The van der Waals surface area contributed by atoms with Gasteiger partial charge in [-0.25, -0.2) is 13.1 Å². The lowest BCUT2D eigenvalue weighted by Crippen LogP contribution is -2.32. The lowest BCUT2D eigenvalue weighted by atomic mass is 10.1. The molecule has 26 heavy (non-hydrogen) atoms. The molecule has 2 aromatic rings. The van der Waals surface area contributed by atoms with E-state index < -0.39 is 28.2 Å². The number of aromatic nitrogens is 1. The number of nitrogens with zero attached hydrogens (tertiary/aromatic N) is 1. The van der Waals surface area contributed by atoms with Crippen molar-refractivity contribution < 1.29 is 31.1 Å². The SMILES string of the molecule is O=C(NS(=O)(=O)c1cccnc1)[C@H]1C[C@@H]1c1ccc(OC(F)(F)F)cc1. The standard InChI is InChI=1S/C16H13F3N2O4S/c17-16(18,19)25-11-5-3-10(4-6-11)13-8-14(13)15(22)21-26(23,24)12-2-1-7-20-9-12/h1-7,9,13-14H,8H2,(H,21,22)/t13-,14+/m1/s1. The van der Waals surface area contributed by atoms with Crippen LogP contribution in [0.15, 0.2) is 53.7 Å². The Hall–Kier alpha value is -2.62. The average Bonchev–Trinajstić information content (AvgIpc) is 3.35. The fourth-order valence-electron chi connectivity index (χ4n) is 2.54. The van der Waals surface area contributed by atoms with Crippen molar-refractivity contribution in [1.29, 1.82) is 0 Å². The molecule has 1 saturated carbocycles. The summed E-state index contributed by atoms with van der Waals surface area (Å²) in [6.07, 6.45) is -1.83. The van der Waals surface area contributed by atoms with Crippen molar-refractivity contribution in [2.24, 2.45) is 5.92 Å². The summed E-state index contributed by atoms with van der Waals surface area (Å²) in [5.74, 6) is -1.83. The zero-order valence-corrected chi connectivity index (χ0v) is 13.9. The molecule has 0 aliphatic heterocycles. The number of nitrogens with one attached hydrogen (secondary N) is 1. The maximum atomic E-state index is 12.1. The Morgan fingerprint density at radius 3 is 2.46 bits per heavy atom. The number of halogens is 3. The van der Waals surface area contributed by atoms with Gasteiger partial charge in [0.2, 0.25) is 5.91 Å². The number of hydrogen-bond donors (Lipinski definition) is 1. The third-order valence-electron chi connectivity index (χ3n) is 3.85. The predicted octanol–water partition coefficient (Wildman–Crippen LogP) is 2.59. The van der Waals surface area contributed by atoms with Crippen molar-refractivity contribution in [3.63, 3.8) is 0 Å². The van der Waals surface area contributed by atoms with Crippen molar-refractivity contribution in [2.45, 2.75) is 23.6 Å². The minimum atomic E-state index is -4.77. The van der Waals surface area contributed by atoms with Gasteiger partial charge in [0.05, 0.1) is 0 Å². The number of pyridine rings is 1. The predicted molar refractivity (Wildman–Crippen MR) is 83.5 cm³/mol. The Morgan fingerprint density at radius 1 is 1.19 bits per heavy atom. The molecule has 0 saturated heterocycles. The molecule has 1 aliphatic rings. The maximum Gasteiger partial charge on any atom is 0.573 e. The minimum Gasteiger partial charge on any atom is -0.406 e. The summed E-state index contributed by atoms with van der Waals surface area (Å²) in [5, 5.41) is 0. The van der Waals surface area contributed by atoms with Crippen molar-refractivity contribution >= 4 is 15.9 Å². The van der Waals surface area contributed by atoms with Gasteiger partial charge in [0.25, 0.3) is 10.0 Å². The highest BCUT2D eigenvalue weighted by Gasteiger charge is 2.45. The largest absolute Gasteiger partial charge is 0.573 e. The van der Waals surface area contributed by atoms with Crippen LogP contribution in [0, 0.1) is 5.92 Å². The molecule has 138 valence electrons. The lowest BCUT2D eigenvalue weighted by Gasteiger charge is -2.09. The van der Waals surface area contributed by atoms with E-state index in [9.17, 15) is 26.4 Å². The van der Waals surface area contributed by atoms with Crippen LogP contribution in [0.4, 0.5) is 13.2 Å². The van der Waals surface area contributed by atoms with E-state index in [1.807, 2.05) is 4.72 Å². The normalized spacial score (nSPS) is 19.7. The molecule has 3 rings (SSSR count). The molecule has 1 aromatic carbocycles. The molecule has 0 radical (unpaired) electrons. The average molecular weight is 386 g/mol. The monoisotopic (exact) mass is 386 g/mol. The van der Waals surface area contributed by atoms with Crippen LogP contribution in [-0.4, -0.2) is 25.7 Å². The maximum absolute atomic E-state index is 12.1. The first kappa shape index (κ1) is 18.2. The Balaban J connectivity index is 1.62. The van der Waals surface area contributed by atoms with Gasteiger partial charge in [0.1, 0.15) is 10.6 Å². The van der Waals surface area contributed by atoms with Gasteiger partial charge in [-0.1, -0.05) is 12.1 Å². The number of alkyl halides is 3. The molecule has 1 heterocycles. The van der Waals surface area contributed by atoms with Crippen LogP contribution in [-0.2, 0) is 14.8 Å². The second-order valence-corrected chi connectivity index (χ2v) is 7.41. The molecule has 2 atom stereocenters.